The molecule has 1 N–H and O–H groups in total. The predicted octanol–water partition coefficient (Wildman–Crippen LogP) is 0.298. The molecule has 1 aromatic carbocycles. The summed E-state index contributed by atoms with van der Waals surface area (Å²) in [4.78, 5) is 25.0. The Hall–Kier alpha value is -2.47. The summed E-state index contributed by atoms with van der Waals surface area (Å²) in [7, 11) is -3.62. The molecule has 0 heterocycles. The summed E-state index contributed by atoms with van der Waals surface area (Å²) >= 11 is 0. The van der Waals surface area contributed by atoms with Crippen LogP contribution in [-0.4, -0.2) is 49.7 Å². The Morgan fingerprint density at radius 3 is 2.48 bits per heavy atom. The van der Waals surface area contributed by atoms with Crippen molar-refractivity contribution in [2.24, 2.45) is 0 Å². The van der Waals surface area contributed by atoms with Gasteiger partial charge in [0.15, 0.2) is 6.19 Å². The number of nitrogens with one attached hydrogen (secondary N) is 1. The van der Waals surface area contributed by atoms with Gasteiger partial charge in [-0.25, -0.2) is 17.7 Å². The molecule has 0 aliphatic carbocycles. The van der Waals surface area contributed by atoms with Gasteiger partial charge in [-0.2, -0.15) is 5.26 Å². The number of hydrogen-bond donors (Lipinski definition) is 1. The highest BCUT2D eigenvalue weighted by Gasteiger charge is 2.29. The van der Waals surface area contributed by atoms with E-state index in [2.05, 4.69) is 5.32 Å². The predicted molar refractivity (Wildman–Crippen MR) is 80.4 cm³/mol. The fraction of sp³-hybridized carbons (Fsp3) is 0.357. The van der Waals surface area contributed by atoms with E-state index in [0.29, 0.717) is 0 Å². The van der Waals surface area contributed by atoms with Crippen LogP contribution in [0, 0.1) is 17.3 Å². The van der Waals surface area contributed by atoms with Crippen LogP contribution in [0.1, 0.15) is 17.3 Å². The van der Waals surface area contributed by atoms with Crippen LogP contribution in [-0.2, 0) is 14.6 Å². The van der Waals surface area contributed by atoms with E-state index in [1.54, 1.807) is 6.19 Å². The van der Waals surface area contributed by atoms with Crippen molar-refractivity contribution >= 4 is 21.7 Å². The molecule has 9 heteroatoms. The second kappa shape index (κ2) is 7.69. The molecule has 0 bridgehead atoms. The molecule has 0 radical (unpaired) electrons. The molecule has 7 nitrogen and oxygen atoms in total. The molecule has 0 spiro atoms. The Morgan fingerprint density at radius 1 is 1.39 bits per heavy atom. The summed E-state index contributed by atoms with van der Waals surface area (Å²) in [6.45, 7) is 1.54. The molecular weight excluding hydrogens is 325 g/mol. The van der Waals surface area contributed by atoms with Crippen molar-refractivity contribution in [2.45, 2.75) is 13.0 Å². The van der Waals surface area contributed by atoms with E-state index in [0.717, 1.165) is 17.2 Å². The number of rotatable bonds is 6. The Morgan fingerprint density at radius 2 is 2.00 bits per heavy atom. The average Bonchev–Trinajstić information content (AvgIpc) is 2.46. The van der Waals surface area contributed by atoms with E-state index in [-0.39, 0.29) is 12.1 Å². The maximum atomic E-state index is 13.6. The molecule has 1 unspecified atom stereocenters. The van der Waals surface area contributed by atoms with E-state index in [4.69, 9.17) is 5.26 Å². The third-order valence-electron chi connectivity index (χ3n) is 2.89. The van der Waals surface area contributed by atoms with Crippen LogP contribution in [0.2, 0.25) is 0 Å². The van der Waals surface area contributed by atoms with Gasteiger partial charge in [-0.3, -0.25) is 9.59 Å². The summed E-state index contributed by atoms with van der Waals surface area (Å²) in [5.74, 6) is -3.29. The minimum absolute atomic E-state index is 0.0190. The van der Waals surface area contributed by atoms with E-state index in [1.807, 2.05) is 0 Å². The number of nitrogens with zero attached hydrogens (tertiary/aromatic N) is 2. The van der Waals surface area contributed by atoms with Crippen LogP contribution < -0.4 is 5.32 Å². The Balaban J connectivity index is 3.07. The standard InChI is InChI=1S/C14H16FN3O4S/c1-3-18(9-16)14(20)12(8-23(2,21)22)17-13(19)10-6-4-5-7-11(10)15/h4-7,12H,3,8H2,1-2H3,(H,17,19). The maximum Gasteiger partial charge on any atom is 0.259 e. The van der Waals surface area contributed by atoms with E-state index < -0.39 is 39.3 Å². The van der Waals surface area contributed by atoms with Gasteiger partial charge >= 0.3 is 0 Å². The van der Waals surface area contributed by atoms with Crippen molar-refractivity contribution in [1.82, 2.24) is 10.2 Å². The minimum Gasteiger partial charge on any atom is -0.339 e. The zero-order valence-electron chi connectivity index (χ0n) is 12.6. The third kappa shape index (κ3) is 5.34. The Bertz CT molecular complexity index is 743. The maximum absolute atomic E-state index is 13.6. The van der Waals surface area contributed by atoms with Crippen LogP contribution in [0.3, 0.4) is 0 Å². The third-order valence-corrected chi connectivity index (χ3v) is 3.83. The van der Waals surface area contributed by atoms with Crippen molar-refractivity contribution < 1.29 is 22.4 Å². The lowest BCUT2D eigenvalue weighted by Gasteiger charge is -2.21. The first-order chi connectivity index (χ1) is 10.7. The Labute approximate surface area is 133 Å². The monoisotopic (exact) mass is 341 g/mol. The molecule has 124 valence electrons. The number of hydrogen-bond acceptors (Lipinski definition) is 5. The van der Waals surface area contributed by atoms with E-state index in [9.17, 15) is 22.4 Å². The molecule has 1 rings (SSSR count). The first-order valence-electron chi connectivity index (χ1n) is 6.63. The summed E-state index contributed by atoms with van der Waals surface area (Å²) in [5, 5.41) is 11.1. The molecule has 1 aromatic rings. The van der Waals surface area contributed by atoms with Crippen LogP contribution >= 0.6 is 0 Å². The zero-order valence-corrected chi connectivity index (χ0v) is 13.4. The van der Waals surface area contributed by atoms with Crippen molar-refractivity contribution in [3.8, 4) is 6.19 Å². The number of benzene rings is 1. The quantitative estimate of drug-likeness (QED) is 0.591. The molecule has 0 saturated carbocycles. The second-order valence-corrected chi connectivity index (χ2v) is 6.97. The first kappa shape index (κ1) is 18.6. The van der Waals surface area contributed by atoms with Gasteiger partial charge in [0.25, 0.3) is 11.8 Å². The molecule has 0 aliphatic heterocycles. The number of nitriles is 1. The molecule has 0 aliphatic rings. The summed E-state index contributed by atoms with van der Waals surface area (Å²) in [5.41, 5.74) is -0.321. The summed E-state index contributed by atoms with van der Waals surface area (Å²) < 4.78 is 36.5. The highest BCUT2D eigenvalue weighted by Crippen LogP contribution is 2.07. The number of amides is 2. The molecule has 0 fully saturated rings. The van der Waals surface area contributed by atoms with Gasteiger partial charge in [0.1, 0.15) is 21.7 Å². The Kier molecular flexibility index (Phi) is 6.21. The molecule has 0 saturated heterocycles. The highest BCUT2D eigenvalue weighted by atomic mass is 32.2. The van der Waals surface area contributed by atoms with E-state index in [1.165, 1.54) is 25.1 Å². The van der Waals surface area contributed by atoms with Crippen molar-refractivity contribution in [1.29, 1.82) is 5.26 Å². The van der Waals surface area contributed by atoms with Gasteiger partial charge < -0.3 is 5.32 Å². The van der Waals surface area contributed by atoms with Crippen molar-refractivity contribution in [3.63, 3.8) is 0 Å². The smallest absolute Gasteiger partial charge is 0.259 e. The molecule has 23 heavy (non-hydrogen) atoms. The van der Waals surface area contributed by atoms with E-state index >= 15 is 0 Å². The lowest BCUT2D eigenvalue weighted by molar-refractivity contribution is -0.129. The summed E-state index contributed by atoms with van der Waals surface area (Å²) in [6.07, 6.45) is 2.50. The van der Waals surface area contributed by atoms with Gasteiger partial charge in [-0.05, 0) is 19.1 Å². The minimum atomic E-state index is -3.62. The van der Waals surface area contributed by atoms with Gasteiger partial charge in [0.05, 0.1) is 11.3 Å². The number of carbonyl (C=O) groups is 2. The fourth-order valence-electron chi connectivity index (χ4n) is 1.82. The van der Waals surface area contributed by atoms with Gasteiger partial charge in [0, 0.05) is 12.8 Å². The van der Waals surface area contributed by atoms with Crippen molar-refractivity contribution in [3.05, 3.63) is 35.6 Å². The average molecular weight is 341 g/mol. The lowest BCUT2D eigenvalue weighted by atomic mass is 10.2. The number of carbonyl (C=O) groups excluding carboxylic acids is 2. The second-order valence-electron chi connectivity index (χ2n) is 4.78. The SMILES string of the molecule is CCN(C#N)C(=O)C(CS(C)(=O)=O)NC(=O)c1ccccc1F. The zero-order chi connectivity index (χ0) is 17.6. The number of halogens is 1. The van der Waals surface area contributed by atoms with Gasteiger partial charge in [-0.1, -0.05) is 12.1 Å². The summed E-state index contributed by atoms with van der Waals surface area (Å²) in [6, 6.07) is 3.61. The fourth-order valence-corrected chi connectivity index (χ4v) is 2.65. The van der Waals surface area contributed by atoms with Crippen LogP contribution in [0.5, 0.6) is 0 Å². The van der Waals surface area contributed by atoms with Crippen molar-refractivity contribution in [2.75, 3.05) is 18.6 Å². The molecular formula is C14H16FN3O4S. The highest BCUT2D eigenvalue weighted by molar-refractivity contribution is 7.90. The lowest BCUT2D eigenvalue weighted by Crippen LogP contribution is -2.50. The molecule has 1 atom stereocenters. The number of sulfone groups is 1. The van der Waals surface area contributed by atoms with Crippen LogP contribution in [0.25, 0.3) is 0 Å². The van der Waals surface area contributed by atoms with Gasteiger partial charge in [0.2, 0.25) is 0 Å². The van der Waals surface area contributed by atoms with Crippen LogP contribution in [0.15, 0.2) is 24.3 Å². The normalized spacial score (nSPS) is 12.1. The van der Waals surface area contributed by atoms with Crippen LogP contribution in [0.4, 0.5) is 4.39 Å². The topological polar surface area (TPSA) is 107 Å². The molecule has 0 aromatic heterocycles. The molecule has 2 amide bonds. The largest absolute Gasteiger partial charge is 0.339 e. The number of likely N-dealkylation sites (N-methyl/N-ethyl adjacent to an activating group) is 1. The van der Waals surface area contributed by atoms with Gasteiger partial charge in [-0.15, -0.1) is 0 Å². The first-order valence-corrected chi connectivity index (χ1v) is 8.70.